The van der Waals surface area contributed by atoms with E-state index in [0.717, 1.165) is 59.1 Å². The van der Waals surface area contributed by atoms with Crippen LogP contribution in [-0.2, 0) is 77.9 Å². The fourth-order valence-electron chi connectivity index (χ4n) is 9.62. The summed E-state index contributed by atoms with van der Waals surface area (Å²) in [5.41, 5.74) is 3.99. The third kappa shape index (κ3) is 30.7. The smallest absolute Gasteiger partial charge is 0.870 e. The van der Waals surface area contributed by atoms with Crippen molar-refractivity contribution in [3.05, 3.63) is 188 Å². The number of esters is 1. The number of thiazole rings is 3. The van der Waals surface area contributed by atoms with E-state index in [9.17, 15) is 53.6 Å². The quantitative estimate of drug-likeness (QED) is 0.00963. The minimum atomic E-state index is -4.85. The Morgan fingerprint density at radius 3 is 1.11 bits per heavy atom. The number of carbonyl (C=O) groups excluding carboxylic acids is 3. The third-order valence-corrected chi connectivity index (χ3v) is 22.6. The fourth-order valence-corrected chi connectivity index (χ4v) is 16.5. The van der Waals surface area contributed by atoms with Gasteiger partial charge < -0.3 is 60.1 Å². The minimum absolute atomic E-state index is 0. The zero-order chi connectivity index (χ0) is 84.0. The molecule has 45 heteroatoms. The van der Waals surface area contributed by atoms with Crippen LogP contribution in [0.3, 0.4) is 0 Å². The molecule has 0 saturated carbocycles. The minimum Gasteiger partial charge on any atom is -0.870 e. The summed E-state index contributed by atoms with van der Waals surface area (Å²) < 4.78 is 160. The Hall–Kier alpha value is -7.82. The van der Waals surface area contributed by atoms with Crippen molar-refractivity contribution in [1.29, 1.82) is 0 Å². The zero-order valence-electron chi connectivity index (χ0n) is 62.5. The molecule has 0 aliphatic rings. The molecule has 0 aliphatic carbocycles. The Morgan fingerprint density at radius 1 is 0.479 bits per heavy atom. The number of benzene rings is 6. The molecule has 0 saturated heterocycles. The second-order valence-electron chi connectivity index (χ2n) is 25.6. The van der Waals surface area contributed by atoms with Gasteiger partial charge >= 0.3 is 49.0 Å². The molecule has 117 heavy (non-hydrogen) atoms. The first-order valence-corrected chi connectivity index (χ1v) is 42.8. The van der Waals surface area contributed by atoms with Crippen LogP contribution in [0, 0.1) is 17.5 Å². The summed E-state index contributed by atoms with van der Waals surface area (Å²) in [6, 6.07) is 19.6. The van der Waals surface area contributed by atoms with Crippen molar-refractivity contribution in [2.24, 2.45) is 0 Å². The number of carboxylic acids is 2. The molecule has 0 aliphatic heterocycles. The van der Waals surface area contributed by atoms with Gasteiger partial charge in [0.1, 0.15) is 77.8 Å². The molecule has 630 valence electrons. The summed E-state index contributed by atoms with van der Waals surface area (Å²) in [5, 5.41) is 30.7. The maximum atomic E-state index is 15.4. The molecule has 0 fully saturated rings. The first kappa shape index (κ1) is 102. The number of carbonyl (C=O) groups is 5. The number of rotatable bonds is 33. The van der Waals surface area contributed by atoms with Crippen molar-refractivity contribution in [2.45, 2.75) is 113 Å². The average Bonchev–Trinajstić information content (AvgIpc) is 1.68. The number of anilines is 3. The predicted octanol–water partition coefficient (Wildman–Crippen LogP) is 14.6. The molecule has 3 heterocycles. The molecular weight excluding hydrogens is 1780 g/mol. The van der Waals surface area contributed by atoms with Gasteiger partial charge in [-0.15, -0.1) is 42.6 Å². The van der Waals surface area contributed by atoms with Gasteiger partial charge in [0.2, 0.25) is 0 Å². The molecule has 0 atom stereocenters. The summed E-state index contributed by atoms with van der Waals surface area (Å²) in [6.45, 7) is 10.4. The molecule has 29 nitrogen and oxygen atoms in total. The van der Waals surface area contributed by atoms with Crippen LogP contribution in [0.2, 0.25) is 30.1 Å². The van der Waals surface area contributed by atoms with E-state index in [4.69, 9.17) is 104 Å². The van der Waals surface area contributed by atoms with Crippen LogP contribution in [0.15, 0.2) is 138 Å². The van der Waals surface area contributed by atoms with E-state index in [2.05, 4.69) is 40.4 Å². The zero-order valence-corrected chi connectivity index (χ0v) is 71.9. The first-order valence-electron chi connectivity index (χ1n) is 33.3. The molecule has 9 aromatic rings. The van der Waals surface area contributed by atoms with Crippen LogP contribution >= 0.6 is 104 Å². The topological polar surface area (TPSA) is 407 Å². The Balaban J connectivity index is 0.000000367. The second kappa shape index (κ2) is 46.1. The van der Waals surface area contributed by atoms with Gasteiger partial charge in [-0.3, -0.25) is 19.1 Å². The number of hydrogen-bond donors (Lipinski definition) is 6. The van der Waals surface area contributed by atoms with Gasteiger partial charge in [0.25, 0.3) is 30.1 Å². The number of methoxy groups -OCH3 is 1. The van der Waals surface area contributed by atoms with Crippen LogP contribution in [0.1, 0.15) is 84.9 Å². The fraction of sp³-hybridized carbons (Fsp3) is 0.306. The monoisotopic (exact) mass is 1850 g/mol. The average molecular weight is 1860 g/mol. The molecule has 0 unspecified atom stereocenters. The summed E-state index contributed by atoms with van der Waals surface area (Å²) in [5.74, 6) is -5.71. The normalized spacial score (nSPS) is 11.3. The molecule has 7 N–H and O–H groups in total. The maximum Gasteiger partial charge on any atom is 1.00 e. The van der Waals surface area contributed by atoms with Crippen molar-refractivity contribution in [3.8, 4) is 34.5 Å². The van der Waals surface area contributed by atoms with E-state index in [1.54, 1.807) is 96.1 Å². The van der Waals surface area contributed by atoms with Crippen molar-refractivity contribution in [1.82, 2.24) is 30.9 Å². The number of ether oxygens (including phenoxy) is 6. The van der Waals surface area contributed by atoms with E-state index < -0.39 is 97.5 Å². The van der Waals surface area contributed by atoms with Crippen LogP contribution < -0.4 is 62.4 Å². The summed E-state index contributed by atoms with van der Waals surface area (Å²) in [7, 11) is -12.7. The molecule has 0 radical (unpaired) electrons. The number of aromatic nitrogens is 3. The van der Waals surface area contributed by atoms with Gasteiger partial charge in [-0.2, -0.15) is 0 Å². The number of hydrogen-bond acceptors (Lipinski definition) is 27. The van der Waals surface area contributed by atoms with E-state index in [-0.39, 0.29) is 121 Å². The number of aryl methyl sites for hydroxylation is 3. The molecule has 0 spiro atoms. The summed E-state index contributed by atoms with van der Waals surface area (Å²) >= 11 is 40.5. The molecule has 6 aromatic carbocycles. The number of sulfonamides is 3. The van der Waals surface area contributed by atoms with Crippen molar-refractivity contribution in [3.63, 3.8) is 0 Å². The van der Waals surface area contributed by atoms with E-state index in [1.807, 2.05) is 0 Å². The van der Waals surface area contributed by atoms with Gasteiger partial charge in [0, 0.05) is 49.4 Å². The second-order valence-corrected chi connectivity index (χ2v) is 35.4. The van der Waals surface area contributed by atoms with Gasteiger partial charge in [0.15, 0.2) is 17.5 Å². The van der Waals surface area contributed by atoms with Gasteiger partial charge in [0.05, 0.1) is 58.3 Å². The standard InChI is InChI=1S/C26H28Cl2FN3O7S2.C25H26Cl2FN3O7S2.C20H18Cl2FN3O5S2.CH4.Li.H2O/c1-26(2,3)39-25(34)32(23-14-40-15-31-23)41(35,36)22-11-18(28)21(12-19(22)29)38-20-8-7-17(27)10-16(20)6-5-9-30-13-24(33)37-4;1-25(2,3)38-24(34)31(22-13-39-14-30-22)40(35,36)21-10-17(27)20(11-18(21)28)37-19-7-6-16(26)9-15(19)5-4-8-29-12-23(32)33;21-13-3-4-16(12(6-13)2-1-5-24-9-20(27)28)31-17-8-15(23)18(7-14(17)22)33(29,30)26-19-10-32-11-25-19;;;/h7-8,10-12,14-15,30H,5-6,9,13H2,1-4H3;6-7,9-11,13-14,29H,4-5,8,12H2,1-3H3,(H,32,33);3-4,6-8,10-11,24,26H,1-2,5,9H2,(H,27,28);1H4;;1H2/q;;;;+1;/p-1. The van der Waals surface area contributed by atoms with Gasteiger partial charge in [-0.25, -0.2) is 63.0 Å². The van der Waals surface area contributed by atoms with Gasteiger partial charge in [-0.1, -0.05) is 77.0 Å². The number of amides is 2. The SMILES string of the molecule is C.CC(C)(C)OC(=O)N(c1cscn1)S(=O)(=O)c1cc(Cl)c(Oc2ccc(Cl)cc2CCCNCC(=O)O)cc1F.COC(=O)CNCCCc1cc(Cl)ccc1Oc1cc(F)c(S(=O)(=O)N(C(=O)OC(C)(C)C)c2cscn2)cc1Cl.O=C(O)CNCCCc1cc(Cl)ccc1Oc1cc(F)c(S(=O)(=O)Nc2cscn2)cc1Cl.[Li+].[OH-]. The number of carboxylic acid groups (broad SMARTS) is 2. The third-order valence-electron chi connectivity index (χ3n) is 14.5. The van der Waals surface area contributed by atoms with Crippen molar-refractivity contribution < 1.29 is 125 Å². The van der Waals surface area contributed by atoms with Crippen LogP contribution in [0.4, 0.5) is 40.2 Å². The Kier molecular flexibility index (Phi) is 40.0. The maximum absolute atomic E-state index is 15.4. The largest absolute Gasteiger partial charge is 1.00 e. The van der Waals surface area contributed by atoms with Crippen LogP contribution in [0.25, 0.3) is 0 Å². The van der Waals surface area contributed by atoms with E-state index >= 15 is 8.78 Å². The Bertz CT molecular complexity index is 5250. The summed E-state index contributed by atoms with van der Waals surface area (Å²) in [6.07, 6.45) is 0.620. The molecule has 3 aromatic heterocycles. The number of aliphatic carboxylic acids is 2. The van der Waals surface area contributed by atoms with Crippen molar-refractivity contribution >= 4 is 181 Å². The number of nitrogens with one attached hydrogen (secondary N) is 4. The number of nitrogens with zero attached hydrogens (tertiary/aromatic N) is 5. The van der Waals surface area contributed by atoms with Crippen LogP contribution in [0.5, 0.6) is 34.5 Å². The number of halogens is 9. The van der Waals surface area contributed by atoms with Gasteiger partial charge in [-0.05, 0) is 189 Å². The Labute approximate surface area is 727 Å². The first-order chi connectivity index (χ1) is 53.6. The summed E-state index contributed by atoms with van der Waals surface area (Å²) in [4.78, 5) is 67.4. The van der Waals surface area contributed by atoms with E-state index in [1.165, 1.54) is 51.1 Å². The Morgan fingerprint density at radius 2 is 0.803 bits per heavy atom. The van der Waals surface area contributed by atoms with Crippen molar-refractivity contribution in [2.75, 3.05) is 59.7 Å². The molecule has 9 rings (SSSR count). The van der Waals surface area contributed by atoms with E-state index in [0.29, 0.717) is 101 Å². The molecule has 0 bridgehead atoms. The predicted molar refractivity (Wildman–Crippen MR) is 437 cm³/mol. The van der Waals surface area contributed by atoms with Crippen LogP contribution in [-0.4, -0.2) is 144 Å². The molecule has 2 amide bonds. The molecular formula is C72H77Cl6F3LiN9O20S6.